The van der Waals surface area contributed by atoms with E-state index in [0.29, 0.717) is 39.5 Å². The van der Waals surface area contributed by atoms with Crippen LogP contribution in [0.2, 0.25) is 0 Å². The van der Waals surface area contributed by atoms with Gasteiger partial charge in [0, 0.05) is 43.6 Å². The van der Waals surface area contributed by atoms with Crippen molar-refractivity contribution in [3.05, 3.63) is 46.6 Å². The fraction of sp³-hybridized carbons (Fsp3) is 0.409. The number of nitrogens with two attached hydrogens (primary N) is 1. The van der Waals surface area contributed by atoms with Gasteiger partial charge in [-0.15, -0.1) is 11.3 Å². The lowest BCUT2D eigenvalue weighted by Crippen LogP contribution is -2.51. The van der Waals surface area contributed by atoms with Gasteiger partial charge in [0.2, 0.25) is 0 Å². The number of amides is 1. The van der Waals surface area contributed by atoms with E-state index in [1.54, 1.807) is 6.20 Å². The monoisotopic (exact) mass is 422 g/mol. The van der Waals surface area contributed by atoms with Crippen LogP contribution in [0.25, 0.3) is 10.3 Å². The average molecular weight is 423 g/mol. The molecule has 2 atom stereocenters. The molecule has 8 heteroatoms. The third-order valence-electron chi connectivity index (χ3n) is 6.08. The van der Waals surface area contributed by atoms with Crippen LogP contribution in [-0.2, 0) is 6.42 Å². The Morgan fingerprint density at radius 3 is 2.73 bits per heavy atom. The van der Waals surface area contributed by atoms with Crippen molar-refractivity contribution in [1.82, 2.24) is 20.6 Å². The lowest BCUT2D eigenvalue weighted by atomic mass is 10.1. The largest absolute Gasteiger partial charge is 0.396 e. The highest BCUT2D eigenvalue weighted by atomic mass is 32.1. The first-order valence-corrected chi connectivity index (χ1v) is 11.3. The summed E-state index contributed by atoms with van der Waals surface area (Å²) < 4.78 is 0. The number of hydrogen-bond donors (Lipinski definition) is 3. The molecular weight excluding hydrogens is 396 g/mol. The van der Waals surface area contributed by atoms with E-state index < -0.39 is 0 Å². The van der Waals surface area contributed by atoms with Crippen LogP contribution in [0.15, 0.2) is 30.5 Å². The maximum Gasteiger partial charge on any atom is 0.263 e. The maximum absolute atomic E-state index is 12.6. The van der Waals surface area contributed by atoms with Crippen LogP contribution >= 0.6 is 11.3 Å². The van der Waals surface area contributed by atoms with Gasteiger partial charge < -0.3 is 21.3 Å². The summed E-state index contributed by atoms with van der Waals surface area (Å²) in [6.07, 6.45) is 5.00. The molecule has 0 aliphatic carbocycles. The second-order valence-electron chi connectivity index (χ2n) is 8.13. The lowest BCUT2D eigenvalue weighted by molar-refractivity contribution is 0.0959. The number of carbonyl (C=O) groups is 1. The van der Waals surface area contributed by atoms with Gasteiger partial charge in [-0.3, -0.25) is 4.79 Å². The van der Waals surface area contributed by atoms with Gasteiger partial charge in [-0.25, -0.2) is 9.97 Å². The highest BCUT2D eigenvalue weighted by Crippen LogP contribution is 2.33. The number of aryl methyl sites for hydroxylation is 1. The smallest absolute Gasteiger partial charge is 0.263 e. The number of nitrogens with zero attached hydrogens (tertiary/aromatic N) is 3. The minimum absolute atomic E-state index is 0.163. The summed E-state index contributed by atoms with van der Waals surface area (Å²) in [4.78, 5) is 25.1. The number of rotatable bonds is 5. The Bertz CT molecular complexity index is 1060. The Morgan fingerprint density at radius 2 is 2.00 bits per heavy atom. The molecule has 0 radical (unpaired) electrons. The van der Waals surface area contributed by atoms with E-state index in [1.807, 2.05) is 6.92 Å². The number of carbonyl (C=O) groups excluding carboxylic acids is 1. The minimum atomic E-state index is -0.163. The molecule has 30 heavy (non-hydrogen) atoms. The highest BCUT2D eigenvalue weighted by molar-refractivity contribution is 7.21. The van der Waals surface area contributed by atoms with E-state index in [2.05, 4.69) is 49.8 Å². The number of thiophene rings is 1. The van der Waals surface area contributed by atoms with Crippen LogP contribution in [-0.4, -0.2) is 47.6 Å². The first-order valence-electron chi connectivity index (χ1n) is 10.5. The fourth-order valence-electron chi connectivity index (χ4n) is 4.57. The van der Waals surface area contributed by atoms with Crippen molar-refractivity contribution in [2.24, 2.45) is 0 Å². The molecule has 1 amide bonds. The molecule has 156 valence electrons. The first kappa shape index (κ1) is 19.3. The van der Waals surface area contributed by atoms with Crippen molar-refractivity contribution >= 4 is 39.0 Å². The van der Waals surface area contributed by atoms with Gasteiger partial charge in [-0.05, 0) is 43.9 Å². The molecule has 7 nitrogen and oxygen atoms in total. The molecule has 2 aliphatic heterocycles. The van der Waals surface area contributed by atoms with Crippen molar-refractivity contribution < 1.29 is 4.79 Å². The number of nitrogen functional groups attached to an aromatic ring is 1. The van der Waals surface area contributed by atoms with E-state index in [-0.39, 0.29) is 5.91 Å². The molecule has 2 bridgehead atoms. The number of anilines is 2. The van der Waals surface area contributed by atoms with Gasteiger partial charge in [-0.1, -0.05) is 12.1 Å². The summed E-state index contributed by atoms with van der Waals surface area (Å²) in [5.41, 5.74) is 10.5. The van der Waals surface area contributed by atoms with Crippen molar-refractivity contribution in [2.75, 3.05) is 30.3 Å². The molecule has 2 aromatic heterocycles. The van der Waals surface area contributed by atoms with Crippen molar-refractivity contribution in [3.63, 3.8) is 0 Å². The number of piperazine rings is 1. The van der Waals surface area contributed by atoms with Crippen LogP contribution in [0, 0.1) is 6.92 Å². The second-order valence-corrected chi connectivity index (χ2v) is 9.13. The second kappa shape index (κ2) is 7.85. The molecule has 2 aliphatic rings. The number of nitrogens with one attached hydrogen (secondary N) is 2. The molecule has 0 spiro atoms. The van der Waals surface area contributed by atoms with Crippen LogP contribution in [0.4, 0.5) is 11.4 Å². The van der Waals surface area contributed by atoms with Crippen LogP contribution in [0.3, 0.4) is 0 Å². The normalized spacial score (nSPS) is 20.6. The van der Waals surface area contributed by atoms with Crippen LogP contribution in [0.1, 0.15) is 33.8 Å². The topological polar surface area (TPSA) is 96.2 Å². The van der Waals surface area contributed by atoms with Gasteiger partial charge in [0.25, 0.3) is 5.91 Å². The molecule has 5 rings (SSSR count). The molecule has 3 aromatic rings. The predicted octanol–water partition coefficient (Wildman–Crippen LogP) is 2.50. The van der Waals surface area contributed by atoms with E-state index in [9.17, 15) is 4.79 Å². The van der Waals surface area contributed by atoms with Crippen LogP contribution in [0.5, 0.6) is 0 Å². The van der Waals surface area contributed by atoms with E-state index >= 15 is 0 Å². The summed E-state index contributed by atoms with van der Waals surface area (Å²) in [6, 6.07) is 10.0. The summed E-state index contributed by atoms with van der Waals surface area (Å²) >= 11 is 1.30. The van der Waals surface area contributed by atoms with Gasteiger partial charge in [0.05, 0.1) is 11.4 Å². The van der Waals surface area contributed by atoms with Gasteiger partial charge in [-0.2, -0.15) is 0 Å². The Balaban J connectivity index is 1.20. The Morgan fingerprint density at radius 1 is 1.27 bits per heavy atom. The van der Waals surface area contributed by atoms with Gasteiger partial charge in [0.15, 0.2) is 0 Å². The zero-order valence-electron chi connectivity index (χ0n) is 17.0. The van der Waals surface area contributed by atoms with E-state index in [0.717, 1.165) is 25.2 Å². The molecule has 2 saturated heterocycles. The molecule has 4 heterocycles. The summed E-state index contributed by atoms with van der Waals surface area (Å²) in [7, 11) is 0. The third-order valence-corrected chi connectivity index (χ3v) is 7.17. The summed E-state index contributed by atoms with van der Waals surface area (Å²) in [5.74, 6) is -0.163. The number of aromatic nitrogens is 2. The highest BCUT2D eigenvalue weighted by Gasteiger charge is 2.36. The Labute approximate surface area is 179 Å². The van der Waals surface area contributed by atoms with E-state index in [1.165, 1.54) is 35.4 Å². The summed E-state index contributed by atoms with van der Waals surface area (Å²) in [6.45, 7) is 4.59. The fourth-order valence-corrected chi connectivity index (χ4v) is 5.59. The number of hydrogen-bond acceptors (Lipinski definition) is 7. The van der Waals surface area contributed by atoms with E-state index in [4.69, 9.17) is 5.73 Å². The Hall–Kier alpha value is -2.71. The predicted molar refractivity (Wildman–Crippen MR) is 121 cm³/mol. The third kappa shape index (κ3) is 3.50. The zero-order valence-corrected chi connectivity index (χ0v) is 17.8. The maximum atomic E-state index is 12.6. The standard InChI is InChI=1S/C22H26N6OS/c1-13-10-26-19-18(23)20(30-22(19)27-13)21(29)25-9-8-14-2-4-15(5-3-14)28-16-6-7-17(28)12-24-11-16/h2-5,10,16-17,24H,6-9,11-12,23H2,1H3,(H,25,29). The molecule has 1 aromatic carbocycles. The molecule has 4 N–H and O–H groups in total. The lowest BCUT2D eigenvalue weighted by Gasteiger charge is -2.37. The Kier molecular flexibility index (Phi) is 5.04. The van der Waals surface area contributed by atoms with Crippen molar-refractivity contribution in [1.29, 1.82) is 0 Å². The molecule has 2 fully saturated rings. The van der Waals surface area contributed by atoms with Gasteiger partial charge >= 0.3 is 0 Å². The minimum Gasteiger partial charge on any atom is -0.396 e. The van der Waals surface area contributed by atoms with Crippen molar-refractivity contribution in [2.45, 2.75) is 38.3 Å². The molecule has 0 saturated carbocycles. The van der Waals surface area contributed by atoms with Crippen LogP contribution < -0.4 is 21.3 Å². The first-order chi connectivity index (χ1) is 14.6. The summed E-state index contributed by atoms with van der Waals surface area (Å²) in [5, 5.41) is 6.51. The molecule has 2 unspecified atom stereocenters. The number of benzene rings is 1. The number of fused-ring (bicyclic) bond motifs is 3. The zero-order chi connectivity index (χ0) is 20.7. The SMILES string of the molecule is Cc1cnc2c(N)c(C(=O)NCCc3ccc(N4C5CCC4CNC5)cc3)sc2n1. The quantitative estimate of drug-likeness (QED) is 0.585. The molecular formula is C22H26N6OS. The average Bonchev–Trinajstić information content (AvgIpc) is 3.20. The van der Waals surface area contributed by atoms with Gasteiger partial charge in [0.1, 0.15) is 15.2 Å². The van der Waals surface area contributed by atoms with Crippen molar-refractivity contribution in [3.8, 4) is 0 Å².